The molecule has 0 aromatic carbocycles. The summed E-state index contributed by atoms with van der Waals surface area (Å²) in [6, 6.07) is 0.445. The monoisotopic (exact) mass is 420 g/mol. The van der Waals surface area contributed by atoms with Crippen LogP contribution in [0.5, 0.6) is 0 Å². The zero-order valence-electron chi connectivity index (χ0n) is 20.2. The average Bonchev–Trinajstić information content (AvgIpc) is 2.69. The summed E-state index contributed by atoms with van der Waals surface area (Å²) in [6.07, 6.45) is 6.20. The molecule has 0 unspecified atom stereocenters. The largest absolute Gasteiger partial charge is 0.383 e. The first-order valence-corrected chi connectivity index (χ1v) is 11.9. The van der Waals surface area contributed by atoms with Gasteiger partial charge < -0.3 is 14.7 Å². The highest BCUT2D eigenvalue weighted by Crippen LogP contribution is 2.39. The lowest BCUT2D eigenvalue weighted by atomic mass is 9.72. The van der Waals surface area contributed by atoms with E-state index in [9.17, 15) is 9.59 Å². The summed E-state index contributed by atoms with van der Waals surface area (Å²) in [5, 5.41) is 0. The molecule has 1 amide bonds. The number of ketones is 1. The van der Waals surface area contributed by atoms with Crippen LogP contribution in [0.3, 0.4) is 0 Å². The molecule has 1 saturated heterocycles. The summed E-state index contributed by atoms with van der Waals surface area (Å²) in [5.74, 6) is 1.28. The molecule has 2 rings (SSSR count). The number of likely N-dealkylation sites (tertiary alicyclic amines) is 1. The summed E-state index contributed by atoms with van der Waals surface area (Å²) in [5.41, 5.74) is 0.966. The van der Waals surface area contributed by atoms with Crippen LogP contribution >= 0.6 is 0 Å². The molecule has 0 radical (unpaired) electrons. The minimum Gasteiger partial charge on any atom is -0.383 e. The standard InChI is InChI=1S/C24H44N4O2/c1-7-10-28-17-19(14-24(30)26(6)11-12-27(8-2)9-3)13-20-16-23(29)21(15-22(20)28)18-25(4)5/h18-20,22H,7-17H2,1-6H3/t19-,20-,22-/m1/s1. The predicted molar refractivity (Wildman–Crippen MR) is 123 cm³/mol. The first-order chi connectivity index (χ1) is 14.3. The van der Waals surface area contributed by atoms with Gasteiger partial charge in [0.1, 0.15) is 0 Å². The molecule has 1 heterocycles. The molecular formula is C24H44N4O2. The molecule has 3 atom stereocenters. The van der Waals surface area contributed by atoms with Gasteiger partial charge in [-0.05, 0) is 50.7 Å². The number of likely N-dealkylation sites (N-methyl/N-ethyl adjacent to an activating group) is 2. The fourth-order valence-corrected chi connectivity index (χ4v) is 5.14. The van der Waals surface area contributed by atoms with E-state index in [-0.39, 0.29) is 5.91 Å². The highest BCUT2D eigenvalue weighted by molar-refractivity contribution is 5.96. The normalized spacial score (nSPS) is 26.2. The highest BCUT2D eigenvalue weighted by Gasteiger charge is 2.41. The van der Waals surface area contributed by atoms with E-state index >= 15 is 0 Å². The zero-order chi connectivity index (χ0) is 22.3. The van der Waals surface area contributed by atoms with Crippen LogP contribution in [0.15, 0.2) is 11.8 Å². The average molecular weight is 421 g/mol. The molecule has 2 aliphatic rings. The van der Waals surface area contributed by atoms with Crippen molar-refractivity contribution in [1.82, 2.24) is 19.6 Å². The molecule has 172 valence electrons. The van der Waals surface area contributed by atoms with Crippen molar-refractivity contribution in [3.63, 3.8) is 0 Å². The first-order valence-electron chi connectivity index (χ1n) is 11.9. The van der Waals surface area contributed by atoms with E-state index in [2.05, 4.69) is 30.6 Å². The Morgan fingerprint density at radius 2 is 1.80 bits per heavy atom. The maximum absolute atomic E-state index is 12.9. The minimum absolute atomic E-state index is 0.248. The zero-order valence-corrected chi connectivity index (χ0v) is 20.2. The van der Waals surface area contributed by atoms with Crippen molar-refractivity contribution >= 4 is 11.7 Å². The Morgan fingerprint density at radius 1 is 1.10 bits per heavy atom. The van der Waals surface area contributed by atoms with Crippen molar-refractivity contribution in [1.29, 1.82) is 0 Å². The van der Waals surface area contributed by atoms with Crippen LogP contribution in [0.25, 0.3) is 0 Å². The van der Waals surface area contributed by atoms with Gasteiger partial charge >= 0.3 is 0 Å². The Bertz CT molecular complexity index is 600. The molecule has 0 N–H and O–H groups in total. The minimum atomic E-state index is 0.248. The lowest BCUT2D eigenvalue weighted by molar-refractivity contribution is -0.132. The van der Waals surface area contributed by atoms with Gasteiger partial charge in [0, 0.05) is 71.4 Å². The molecular weight excluding hydrogens is 376 g/mol. The van der Waals surface area contributed by atoms with Crippen LogP contribution in [-0.4, -0.2) is 97.7 Å². The lowest BCUT2D eigenvalue weighted by Gasteiger charge is -2.47. The summed E-state index contributed by atoms with van der Waals surface area (Å²) >= 11 is 0. The van der Waals surface area contributed by atoms with Gasteiger partial charge in [-0.1, -0.05) is 20.8 Å². The molecule has 0 aromatic rings. The van der Waals surface area contributed by atoms with E-state index in [1.54, 1.807) is 0 Å². The topological polar surface area (TPSA) is 47.1 Å². The molecule has 1 aliphatic heterocycles. The number of rotatable bonds is 10. The van der Waals surface area contributed by atoms with Crippen LogP contribution in [0.1, 0.15) is 52.9 Å². The molecule has 0 spiro atoms. The second kappa shape index (κ2) is 11.8. The van der Waals surface area contributed by atoms with Crippen LogP contribution in [-0.2, 0) is 9.59 Å². The number of piperidine rings is 1. The third kappa shape index (κ3) is 6.81. The molecule has 1 aliphatic carbocycles. The van der Waals surface area contributed by atoms with Crippen molar-refractivity contribution in [2.24, 2.45) is 11.8 Å². The number of carbonyl (C=O) groups is 2. The van der Waals surface area contributed by atoms with Crippen molar-refractivity contribution in [3.05, 3.63) is 11.8 Å². The Balaban J connectivity index is 1.99. The molecule has 6 nitrogen and oxygen atoms in total. The van der Waals surface area contributed by atoms with E-state index in [1.165, 1.54) is 0 Å². The van der Waals surface area contributed by atoms with Gasteiger partial charge in [0.15, 0.2) is 5.78 Å². The van der Waals surface area contributed by atoms with Crippen LogP contribution in [0, 0.1) is 11.8 Å². The number of carbonyl (C=O) groups excluding carboxylic acids is 2. The van der Waals surface area contributed by atoms with Gasteiger partial charge in [-0.25, -0.2) is 0 Å². The maximum Gasteiger partial charge on any atom is 0.222 e. The summed E-state index contributed by atoms with van der Waals surface area (Å²) < 4.78 is 0. The smallest absolute Gasteiger partial charge is 0.222 e. The van der Waals surface area contributed by atoms with E-state index in [4.69, 9.17) is 0 Å². The second-order valence-corrected chi connectivity index (χ2v) is 9.42. The Kier molecular flexibility index (Phi) is 9.82. The number of nitrogens with zero attached hydrogens (tertiary/aromatic N) is 4. The second-order valence-electron chi connectivity index (χ2n) is 9.42. The van der Waals surface area contributed by atoms with Crippen molar-refractivity contribution < 1.29 is 9.59 Å². The van der Waals surface area contributed by atoms with Crippen LogP contribution in [0.2, 0.25) is 0 Å². The molecule has 0 bridgehead atoms. The van der Waals surface area contributed by atoms with Crippen molar-refractivity contribution in [2.75, 3.05) is 60.4 Å². The van der Waals surface area contributed by atoms with Crippen LogP contribution < -0.4 is 0 Å². The molecule has 0 aromatic heterocycles. The van der Waals surface area contributed by atoms with Gasteiger partial charge in [0.25, 0.3) is 0 Å². The predicted octanol–water partition coefficient (Wildman–Crippen LogP) is 2.70. The molecule has 6 heteroatoms. The van der Waals surface area contributed by atoms with Gasteiger partial charge in [-0.3, -0.25) is 14.5 Å². The summed E-state index contributed by atoms with van der Waals surface area (Å²) in [6.45, 7) is 12.3. The van der Waals surface area contributed by atoms with Gasteiger partial charge in [0.2, 0.25) is 5.91 Å². The third-order valence-corrected chi connectivity index (χ3v) is 6.84. The Hall–Kier alpha value is -1.40. The van der Waals surface area contributed by atoms with Crippen molar-refractivity contribution in [2.45, 2.75) is 58.9 Å². The Morgan fingerprint density at radius 3 is 2.40 bits per heavy atom. The van der Waals surface area contributed by atoms with E-state index in [0.717, 1.165) is 64.1 Å². The fourth-order valence-electron chi connectivity index (χ4n) is 5.14. The van der Waals surface area contributed by atoms with E-state index < -0.39 is 0 Å². The fraction of sp³-hybridized carbons (Fsp3) is 0.833. The quantitative estimate of drug-likeness (QED) is 0.509. The first kappa shape index (κ1) is 24.9. The molecule has 2 fully saturated rings. The van der Waals surface area contributed by atoms with Gasteiger partial charge in [0.05, 0.1) is 0 Å². The molecule has 1 saturated carbocycles. The maximum atomic E-state index is 12.9. The van der Waals surface area contributed by atoms with Gasteiger partial charge in [-0.2, -0.15) is 0 Å². The SMILES string of the molecule is CCCN1C[C@@H](CC(=O)N(C)CCN(CC)CC)C[C@@H]2CC(=O)C(=CN(C)C)C[C@H]21. The highest BCUT2D eigenvalue weighted by atomic mass is 16.2. The Labute approximate surface area is 184 Å². The lowest BCUT2D eigenvalue weighted by Crippen LogP contribution is -2.52. The number of Topliss-reactive ketones (excluding diaryl/α,β-unsaturated/α-hetero) is 1. The van der Waals surface area contributed by atoms with E-state index in [0.29, 0.717) is 36.5 Å². The number of hydrogen-bond acceptors (Lipinski definition) is 5. The van der Waals surface area contributed by atoms with Gasteiger partial charge in [-0.15, -0.1) is 0 Å². The summed E-state index contributed by atoms with van der Waals surface area (Å²) in [7, 11) is 5.90. The number of fused-ring (bicyclic) bond motifs is 1. The van der Waals surface area contributed by atoms with Crippen molar-refractivity contribution in [3.8, 4) is 0 Å². The van der Waals surface area contributed by atoms with Crippen LogP contribution in [0.4, 0.5) is 0 Å². The third-order valence-electron chi connectivity index (χ3n) is 6.84. The number of amides is 1. The number of hydrogen-bond donors (Lipinski definition) is 0. The summed E-state index contributed by atoms with van der Waals surface area (Å²) in [4.78, 5) is 34.4. The van der Waals surface area contributed by atoms with E-state index in [1.807, 2.05) is 37.1 Å². The molecule has 30 heavy (non-hydrogen) atoms.